The molecule has 0 bridgehead atoms. The van der Waals surface area contributed by atoms with Gasteiger partial charge in [0.25, 0.3) is 0 Å². The van der Waals surface area contributed by atoms with E-state index in [1.165, 1.54) is 16.9 Å². The number of ether oxygens (including phenoxy) is 2. The van der Waals surface area contributed by atoms with Gasteiger partial charge in [0.2, 0.25) is 5.13 Å². The molecule has 0 saturated heterocycles. The first kappa shape index (κ1) is 15.7. The third kappa shape index (κ3) is 5.32. The van der Waals surface area contributed by atoms with Gasteiger partial charge in [-0.05, 0) is 30.5 Å². The van der Waals surface area contributed by atoms with Gasteiger partial charge in [0.1, 0.15) is 12.4 Å². The molecule has 0 spiro atoms. The van der Waals surface area contributed by atoms with Crippen LogP contribution in [0, 0.1) is 0 Å². The van der Waals surface area contributed by atoms with Crippen LogP contribution in [0.5, 0.6) is 5.75 Å². The molecule has 0 saturated carbocycles. The molecule has 0 aliphatic carbocycles. The molecule has 1 N–H and O–H groups in total. The van der Waals surface area contributed by atoms with Crippen LogP contribution in [0.1, 0.15) is 23.9 Å². The van der Waals surface area contributed by atoms with Crippen molar-refractivity contribution in [1.29, 1.82) is 0 Å². The normalized spacial score (nSPS) is 10.6. The highest BCUT2D eigenvalue weighted by molar-refractivity contribution is 7.15. The van der Waals surface area contributed by atoms with Crippen LogP contribution >= 0.6 is 11.3 Å². The Labute approximate surface area is 129 Å². The third-order valence-corrected chi connectivity index (χ3v) is 3.73. The van der Waals surface area contributed by atoms with E-state index < -0.39 is 0 Å². The van der Waals surface area contributed by atoms with Gasteiger partial charge in [0.05, 0.1) is 6.61 Å². The van der Waals surface area contributed by atoms with E-state index >= 15 is 0 Å². The molecule has 114 valence electrons. The second-order valence-electron chi connectivity index (χ2n) is 4.60. The summed E-state index contributed by atoms with van der Waals surface area (Å²) in [6, 6.07) is 8.07. The molecule has 5 nitrogen and oxygen atoms in total. The monoisotopic (exact) mass is 307 g/mol. The predicted molar refractivity (Wildman–Crippen MR) is 85.0 cm³/mol. The SMILES string of the molecule is CCCNc1nnc(COc2ccc(CCOC)cc2)s1. The lowest BCUT2D eigenvalue weighted by molar-refractivity contribution is 0.202. The van der Waals surface area contributed by atoms with Crippen molar-refractivity contribution in [1.82, 2.24) is 10.2 Å². The molecular weight excluding hydrogens is 286 g/mol. The maximum Gasteiger partial charge on any atom is 0.205 e. The molecule has 2 rings (SSSR count). The van der Waals surface area contributed by atoms with Crippen molar-refractivity contribution < 1.29 is 9.47 Å². The number of methoxy groups -OCH3 is 1. The highest BCUT2D eigenvalue weighted by atomic mass is 32.1. The van der Waals surface area contributed by atoms with Gasteiger partial charge in [0.15, 0.2) is 5.01 Å². The molecule has 0 atom stereocenters. The number of aromatic nitrogens is 2. The Bertz CT molecular complexity index is 528. The van der Waals surface area contributed by atoms with Gasteiger partial charge in [-0.1, -0.05) is 30.4 Å². The Morgan fingerprint density at radius 2 is 2.00 bits per heavy atom. The fraction of sp³-hybridized carbons (Fsp3) is 0.467. The predicted octanol–water partition coefficient (Wildman–Crippen LogP) is 3.13. The highest BCUT2D eigenvalue weighted by Crippen LogP contribution is 2.18. The zero-order valence-corrected chi connectivity index (χ0v) is 13.3. The van der Waals surface area contributed by atoms with Crippen LogP contribution in [-0.4, -0.2) is 30.5 Å². The van der Waals surface area contributed by atoms with Crippen LogP contribution < -0.4 is 10.1 Å². The summed E-state index contributed by atoms with van der Waals surface area (Å²) in [7, 11) is 1.71. The summed E-state index contributed by atoms with van der Waals surface area (Å²) in [4.78, 5) is 0. The van der Waals surface area contributed by atoms with E-state index in [9.17, 15) is 0 Å². The summed E-state index contributed by atoms with van der Waals surface area (Å²) < 4.78 is 10.8. The van der Waals surface area contributed by atoms with Crippen molar-refractivity contribution >= 4 is 16.5 Å². The van der Waals surface area contributed by atoms with Gasteiger partial charge in [-0.15, -0.1) is 10.2 Å². The summed E-state index contributed by atoms with van der Waals surface area (Å²) in [5, 5.41) is 13.1. The lowest BCUT2D eigenvalue weighted by Gasteiger charge is -2.05. The number of anilines is 1. The minimum absolute atomic E-state index is 0.447. The maximum atomic E-state index is 5.72. The molecule has 2 aromatic rings. The molecule has 0 amide bonds. The minimum Gasteiger partial charge on any atom is -0.486 e. The van der Waals surface area contributed by atoms with Crippen LogP contribution in [0.4, 0.5) is 5.13 Å². The largest absolute Gasteiger partial charge is 0.486 e. The standard InChI is InChI=1S/C15H21N3O2S/c1-3-9-16-15-18-17-14(21-15)11-20-13-6-4-12(5-7-13)8-10-19-2/h4-7H,3,8-11H2,1-2H3,(H,16,18). The quantitative estimate of drug-likeness (QED) is 0.771. The summed E-state index contributed by atoms with van der Waals surface area (Å²) in [6.07, 6.45) is 1.99. The van der Waals surface area contributed by atoms with Crippen LogP contribution in [0.15, 0.2) is 24.3 Å². The molecule has 21 heavy (non-hydrogen) atoms. The molecule has 0 aliphatic rings. The lowest BCUT2D eigenvalue weighted by Crippen LogP contribution is -1.98. The number of nitrogens with one attached hydrogen (secondary N) is 1. The molecule has 1 aromatic carbocycles. The summed E-state index contributed by atoms with van der Waals surface area (Å²) >= 11 is 1.53. The molecule has 0 radical (unpaired) electrons. The van der Waals surface area contributed by atoms with E-state index in [1.54, 1.807) is 7.11 Å². The summed E-state index contributed by atoms with van der Waals surface area (Å²) in [5.41, 5.74) is 1.24. The number of rotatable bonds is 9. The van der Waals surface area contributed by atoms with Crippen molar-refractivity contribution in [2.24, 2.45) is 0 Å². The first-order chi connectivity index (χ1) is 10.3. The van der Waals surface area contributed by atoms with Crippen molar-refractivity contribution in [2.75, 3.05) is 25.6 Å². The van der Waals surface area contributed by atoms with Crippen molar-refractivity contribution in [3.63, 3.8) is 0 Å². The van der Waals surface area contributed by atoms with Gasteiger partial charge in [-0.3, -0.25) is 0 Å². The average molecular weight is 307 g/mol. The Hall–Kier alpha value is -1.66. The van der Waals surface area contributed by atoms with Crippen LogP contribution in [0.3, 0.4) is 0 Å². The average Bonchev–Trinajstić information content (AvgIpc) is 2.98. The van der Waals surface area contributed by atoms with E-state index in [1.807, 2.05) is 12.1 Å². The number of nitrogens with zero attached hydrogens (tertiary/aromatic N) is 2. The summed E-state index contributed by atoms with van der Waals surface area (Å²) in [6.45, 7) is 4.22. The smallest absolute Gasteiger partial charge is 0.205 e. The number of hydrogen-bond donors (Lipinski definition) is 1. The van der Waals surface area contributed by atoms with Crippen molar-refractivity contribution in [3.05, 3.63) is 34.8 Å². The van der Waals surface area contributed by atoms with Gasteiger partial charge >= 0.3 is 0 Å². The Morgan fingerprint density at radius 3 is 2.71 bits per heavy atom. The summed E-state index contributed by atoms with van der Waals surface area (Å²) in [5.74, 6) is 0.842. The zero-order valence-electron chi connectivity index (χ0n) is 12.5. The van der Waals surface area contributed by atoms with E-state index in [2.05, 4.69) is 34.6 Å². The maximum absolute atomic E-state index is 5.72. The molecule has 0 unspecified atom stereocenters. The van der Waals surface area contributed by atoms with E-state index in [0.29, 0.717) is 6.61 Å². The lowest BCUT2D eigenvalue weighted by atomic mass is 10.1. The fourth-order valence-electron chi connectivity index (χ4n) is 1.73. The number of benzene rings is 1. The second-order valence-corrected chi connectivity index (χ2v) is 5.67. The second kappa shape index (κ2) is 8.59. The molecule has 1 heterocycles. The molecule has 0 fully saturated rings. The molecule has 1 aromatic heterocycles. The van der Waals surface area contributed by atoms with Crippen LogP contribution in [0.25, 0.3) is 0 Å². The highest BCUT2D eigenvalue weighted by Gasteiger charge is 2.04. The third-order valence-electron chi connectivity index (χ3n) is 2.87. The minimum atomic E-state index is 0.447. The van der Waals surface area contributed by atoms with Gasteiger partial charge in [-0.2, -0.15) is 0 Å². The molecule has 0 aliphatic heterocycles. The molecule has 6 heteroatoms. The van der Waals surface area contributed by atoms with Gasteiger partial charge in [0, 0.05) is 13.7 Å². The topological polar surface area (TPSA) is 56.3 Å². The van der Waals surface area contributed by atoms with Crippen molar-refractivity contribution in [3.8, 4) is 5.75 Å². The van der Waals surface area contributed by atoms with Gasteiger partial charge < -0.3 is 14.8 Å². The Kier molecular flexibility index (Phi) is 6.43. The van der Waals surface area contributed by atoms with Crippen molar-refractivity contribution in [2.45, 2.75) is 26.4 Å². The first-order valence-electron chi connectivity index (χ1n) is 7.08. The van der Waals surface area contributed by atoms with E-state index in [0.717, 1.165) is 41.9 Å². The van der Waals surface area contributed by atoms with E-state index in [-0.39, 0.29) is 0 Å². The van der Waals surface area contributed by atoms with Gasteiger partial charge in [-0.25, -0.2) is 0 Å². The number of hydrogen-bond acceptors (Lipinski definition) is 6. The van der Waals surface area contributed by atoms with Crippen LogP contribution in [-0.2, 0) is 17.8 Å². The Balaban J connectivity index is 1.80. The first-order valence-corrected chi connectivity index (χ1v) is 7.90. The van der Waals surface area contributed by atoms with E-state index in [4.69, 9.17) is 9.47 Å². The molecular formula is C15H21N3O2S. The zero-order chi connectivity index (χ0) is 14.9. The van der Waals surface area contributed by atoms with Crippen LogP contribution in [0.2, 0.25) is 0 Å². The Morgan fingerprint density at radius 1 is 1.19 bits per heavy atom. The fourth-order valence-corrected chi connectivity index (χ4v) is 2.41.